The number of carbonyl (C=O) groups is 1. The van der Waals surface area contributed by atoms with E-state index in [-0.39, 0.29) is 18.1 Å². The molecule has 0 radical (unpaired) electrons. The Labute approximate surface area is 118 Å². The van der Waals surface area contributed by atoms with Gasteiger partial charge in [0.15, 0.2) is 0 Å². The molecular weight excluding hydrogens is 266 g/mol. The van der Waals surface area contributed by atoms with Crippen LogP contribution in [-0.2, 0) is 14.3 Å². The van der Waals surface area contributed by atoms with E-state index in [1.807, 2.05) is 31.2 Å². The number of esters is 1. The highest BCUT2D eigenvalue weighted by molar-refractivity contribution is 6.30. The van der Waals surface area contributed by atoms with Gasteiger partial charge in [0, 0.05) is 18.1 Å². The van der Waals surface area contributed by atoms with Crippen LogP contribution < -0.4 is 0 Å². The van der Waals surface area contributed by atoms with Gasteiger partial charge in [-0.1, -0.05) is 23.7 Å². The van der Waals surface area contributed by atoms with Crippen LogP contribution in [0.4, 0.5) is 0 Å². The van der Waals surface area contributed by atoms with Crippen LogP contribution in [0.3, 0.4) is 0 Å². The van der Waals surface area contributed by atoms with Crippen LogP contribution in [-0.4, -0.2) is 43.7 Å². The summed E-state index contributed by atoms with van der Waals surface area (Å²) in [5.74, 6) is -0.211. The van der Waals surface area contributed by atoms with E-state index in [0.29, 0.717) is 18.2 Å². The van der Waals surface area contributed by atoms with Crippen LogP contribution in [0.25, 0.3) is 0 Å². The lowest BCUT2D eigenvalue weighted by atomic mass is 10.1. The van der Waals surface area contributed by atoms with Gasteiger partial charge in [-0.2, -0.15) is 0 Å². The number of ether oxygens (including phenoxy) is 2. The average molecular weight is 284 g/mol. The Bertz CT molecular complexity index is 435. The van der Waals surface area contributed by atoms with Gasteiger partial charge in [0.1, 0.15) is 6.04 Å². The van der Waals surface area contributed by atoms with E-state index >= 15 is 0 Å². The van der Waals surface area contributed by atoms with Crippen LogP contribution in [0.2, 0.25) is 5.02 Å². The largest absolute Gasteiger partial charge is 0.468 e. The number of carbonyl (C=O) groups excluding carboxylic acids is 1. The van der Waals surface area contributed by atoms with E-state index in [4.69, 9.17) is 21.1 Å². The number of nitrogens with zero attached hydrogens (tertiary/aromatic N) is 1. The Morgan fingerprint density at radius 2 is 2.16 bits per heavy atom. The first kappa shape index (κ1) is 14.3. The Morgan fingerprint density at radius 3 is 2.79 bits per heavy atom. The monoisotopic (exact) mass is 283 g/mol. The highest BCUT2D eigenvalue weighted by Crippen LogP contribution is 2.24. The molecule has 1 aromatic rings. The third kappa shape index (κ3) is 3.47. The molecule has 5 heteroatoms. The van der Waals surface area contributed by atoms with Crippen LogP contribution >= 0.6 is 11.6 Å². The molecule has 0 bridgehead atoms. The van der Waals surface area contributed by atoms with Crippen molar-refractivity contribution >= 4 is 17.6 Å². The van der Waals surface area contributed by atoms with Crippen molar-refractivity contribution in [3.63, 3.8) is 0 Å². The molecule has 1 aliphatic rings. The molecule has 1 heterocycles. The molecule has 2 atom stereocenters. The quantitative estimate of drug-likeness (QED) is 0.798. The zero-order valence-corrected chi connectivity index (χ0v) is 11.9. The van der Waals surface area contributed by atoms with Crippen molar-refractivity contribution in [2.24, 2.45) is 0 Å². The molecule has 0 aliphatic carbocycles. The summed E-state index contributed by atoms with van der Waals surface area (Å²) in [5.41, 5.74) is 1.08. The fraction of sp³-hybridized carbons (Fsp3) is 0.500. The van der Waals surface area contributed by atoms with Gasteiger partial charge in [-0.3, -0.25) is 9.69 Å². The number of benzene rings is 1. The second-order valence-corrected chi connectivity index (χ2v) is 5.04. The van der Waals surface area contributed by atoms with Crippen LogP contribution in [0.1, 0.15) is 18.6 Å². The molecule has 2 rings (SSSR count). The van der Waals surface area contributed by atoms with Gasteiger partial charge in [0.05, 0.1) is 19.8 Å². The maximum atomic E-state index is 11.6. The molecule has 104 valence electrons. The minimum atomic E-state index is -0.247. The predicted octanol–water partition coefficient (Wildman–Crippen LogP) is 2.27. The van der Waals surface area contributed by atoms with E-state index in [0.717, 1.165) is 12.1 Å². The van der Waals surface area contributed by atoms with Crippen molar-refractivity contribution in [2.75, 3.05) is 26.8 Å². The maximum Gasteiger partial charge on any atom is 0.322 e. The van der Waals surface area contributed by atoms with Crippen molar-refractivity contribution in [1.82, 2.24) is 4.90 Å². The third-order valence-corrected chi connectivity index (χ3v) is 3.68. The second kappa shape index (κ2) is 6.37. The highest BCUT2D eigenvalue weighted by Gasteiger charge is 2.29. The molecule has 1 aromatic carbocycles. The minimum absolute atomic E-state index is 0.0295. The van der Waals surface area contributed by atoms with Crippen LogP contribution in [0, 0.1) is 0 Å². The number of hydrogen-bond donors (Lipinski definition) is 0. The van der Waals surface area contributed by atoms with Crippen LogP contribution in [0.5, 0.6) is 0 Å². The van der Waals surface area contributed by atoms with E-state index in [1.54, 1.807) is 0 Å². The third-order valence-electron chi connectivity index (χ3n) is 3.43. The fourth-order valence-electron chi connectivity index (χ4n) is 2.22. The molecule has 1 fully saturated rings. The molecule has 1 saturated heterocycles. The summed E-state index contributed by atoms with van der Waals surface area (Å²) in [6.45, 7) is 3.88. The van der Waals surface area contributed by atoms with E-state index in [9.17, 15) is 4.79 Å². The van der Waals surface area contributed by atoms with Gasteiger partial charge in [-0.15, -0.1) is 0 Å². The summed E-state index contributed by atoms with van der Waals surface area (Å²) in [4.78, 5) is 13.7. The lowest BCUT2D eigenvalue weighted by Crippen LogP contribution is -2.47. The number of morpholine rings is 1. The van der Waals surface area contributed by atoms with E-state index in [2.05, 4.69) is 4.90 Å². The van der Waals surface area contributed by atoms with Gasteiger partial charge in [0.25, 0.3) is 0 Å². The summed E-state index contributed by atoms with van der Waals surface area (Å²) in [7, 11) is 1.41. The Kier molecular flexibility index (Phi) is 4.80. The fourth-order valence-corrected chi connectivity index (χ4v) is 2.35. The standard InChI is InChI=1S/C14H18ClNO3/c1-10(14(17)18-2)16-7-8-19-13(9-16)11-3-5-12(15)6-4-11/h3-6,10,13H,7-9H2,1-2H3/t10-,13-/m1/s1. The van der Waals surface area contributed by atoms with Crippen molar-refractivity contribution in [3.05, 3.63) is 34.9 Å². The lowest BCUT2D eigenvalue weighted by Gasteiger charge is -2.35. The highest BCUT2D eigenvalue weighted by atomic mass is 35.5. The number of rotatable bonds is 3. The molecule has 0 amide bonds. The number of halogens is 1. The SMILES string of the molecule is COC(=O)[C@@H](C)N1CCO[C@@H](c2ccc(Cl)cc2)C1. The van der Waals surface area contributed by atoms with E-state index < -0.39 is 0 Å². The Balaban J connectivity index is 2.04. The maximum absolute atomic E-state index is 11.6. The second-order valence-electron chi connectivity index (χ2n) is 4.61. The summed E-state index contributed by atoms with van der Waals surface area (Å²) < 4.78 is 10.5. The molecular formula is C14H18ClNO3. The molecule has 0 aromatic heterocycles. The van der Waals surface area contributed by atoms with Crippen LogP contribution in [0.15, 0.2) is 24.3 Å². The number of methoxy groups -OCH3 is 1. The average Bonchev–Trinajstić information content (AvgIpc) is 2.46. The first-order valence-electron chi connectivity index (χ1n) is 6.30. The zero-order chi connectivity index (χ0) is 13.8. The van der Waals surface area contributed by atoms with Crippen molar-refractivity contribution < 1.29 is 14.3 Å². The van der Waals surface area contributed by atoms with Crippen molar-refractivity contribution in [3.8, 4) is 0 Å². The minimum Gasteiger partial charge on any atom is -0.468 e. The zero-order valence-electron chi connectivity index (χ0n) is 11.1. The molecule has 1 aliphatic heterocycles. The summed E-state index contributed by atoms with van der Waals surface area (Å²) >= 11 is 5.88. The van der Waals surface area contributed by atoms with Gasteiger partial charge < -0.3 is 9.47 Å². The van der Waals surface area contributed by atoms with Gasteiger partial charge in [0.2, 0.25) is 0 Å². The smallest absolute Gasteiger partial charge is 0.322 e. The van der Waals surface area contributed by atoms with Gasteiger partial charge in [-0.05, 0) is 24.6 Å². The Hall–Kier alpha value is -1.10. The summed E-state index contributed by atoms with van der Waals surface area (Å²) in [6, 6.07) is 7.37. The molecule has 19 heavy (non-hydrogen) atoms. The Morgan fingerprint density at radius 1 is 1.47 bits per heavy atom. The molecule has 0 spiro atoms. The molecule has 0 unspecified atom stereocenters. The van der Waals surface area contributed by atoms with E-state index in [1.165, 1.54) is 7.11 Å². The molecule has 0 saturated carbocycles. The predicted molar refractivity (Wildman–Crippen MR) is 73.2 cm³/mol. The summed E-state index contributed by atoms with van der Waals surface area (Å²) in [6.07, 6.45) is -0.0295. The van der Waals surface area contributed by atoms with Crippen molar-refractivity contribution in [2.45, 2.75) is 19.1 Å². The topological polar surface area (TPSA) is 38.8 Å². The van der Waals surface area contributed by atoms with Gasteiger partial charge in [-0.25, -0.2) is 0 Å². The molecule has 4 nitrogen and oxygen atoms in total. The normalized spacial score (nSPS) is 21.9. The first-order valence-corrected chi connectivity index (χ1v) is 6.68. The summed E-state index contributed by atoms with van der Waals surface area (Å²) in [5, 5.41) is 0.708. The lowest BCUT2D eigenvalue weighted by molar-refractivity contribution is -0.149. The number of hydrogen-bond acceptors (Lipinski definition) is 4. The molecule has 0 N–H and O–H groups in total. The van der Waals surface area contributed by atoms with Crippen molar-refractivity contribution in [1.29, 1.82) is 0 Å². The van der Waals surface area contributed by atoms with Gasteiger partial charge >= 0.3 is 5.97 Å². The first-order chi connectivity index (χ1) is 9.11.